The number of nitrogens with one attached hydrogen (secondary N) is 2. The molecule has 1 aliphatic rings. The molecule has 5 rings (SSSR count). The SMILES string of the molecule is C=C1c2ccc(C)cc2NNc2cc(-c3cc(-c4ccccc4)ccc3N)ccc21. The Balaban J connectivity index is 1.58. The maximum Gasteiger partial charge on any atom is 0.0624 e. The molecule has 0 unspecified atom stereocenters. The van der Waals surface area contributed by atoms with E-state index in [-0.39, 0.29) is 0 Å². The zero-order valence-electron chi connectivity index (χ0n) is 16.9. The molecule has 0 spiro atoms. The predicted molar refractivity (Wildman–Crippen MR) is 128 cm³/mol. The molecule has 3 heteroatoms. The Hall–Kier alpha value is -3.98. The summed E-state index contributed by atoms with van der Waals surface area (Å²) in [4.78, 5) is 0. The van der Waals surface area contributed by atoms with Crippen molar-refractivity contribution in [1.29, 1.82) is 0 Å². The van der Waals surface area contributed by atoms with Crippen molar-refractivity contribution in [2.75, 3.05) is 16.6 Å². The highest BCUT2D eigenvalue weighted by molar-refractivity contribution is 5.94. The summed E-state index contributed by atoms with van der Waals surface area (Å²) in [5, 5.41) is 0. The Morgan fingerprint density at radius 3 is 2.07 bits per heavy atom. The third-order valence-electron chi connectivity index (χ3n) is 5.65. The number of fused-ring (bicyclic) bond motifs is 2. The summed E-state index contributed by atoms with van der Waals surface area (Å²) in [5.41, 5.74) is 24.6. The first-order chi connectivity index (χ1) is 14.6. The second-order valence-corrected chi connectivity index (χ2v) is 7.71. The molecule has 0 radical (unpaired) electrons. The standard InChI is InChI=1S/C27H23N3/c1-17-8-11-22-18(2)23-12-9-21(16-27(23)30-29-26(22)14-17)24-15-20(10-13-25(24)28)19-6-4-3-5-7-19/h3-16,29-30H,2,28H2,1H3. The van der Waals surface area contributed by atoms with Crippen molar-refractivity contribution >= 4 is 22.6 Å². The first-order valence-corrected chi connectivity index (χ1v) is 10.0. The molecule has 0 aliphatic carbocycles. The van der Waals surface area contributed by atoms with Crippen LogP contribution in [-0.2, 0) is 0 Å². The smallest absolute Gasteiger partial charge is 0.0624 e. The summed E-state index contributed by atoms with van der Waals surface area (Å²) >= 11 is 0. The van der Waals surface area contributed by atoms with Gasteiger partial charge in [0, 0.05) is 22.4 Å². The third kappa shape index (κ3) is 3.11. The summed E-state index contributed by atoms with van der Waals surface area (Å²) in [5.74, 6) is 0. The minimum absolute atomic E-state index is 0.758. The fraction of sp³-hybridized carbons (Fsp3) is 0.0370. The Labute approximate surface area is 176 Å². The summed E-state index contributed by atoms with van der Waals surface area (Å²) in [6.45, 7) is 6.44. The lowest BCUT2D eigenvalue weighted by atomic mass is 9.93. The molecule has 0 atom stereocenters. The number of hydrogen-bond acceptors (Lipinski definition) is 3. The van der Waals surface area contributed by atoms with E-state index >= 15 is 0 Å². The quantitative estimate of drug-likeness (QED) is 0.333. The number of anilines is 3. The van der Waals surface area contributed by atoms with E-state index in [1.165, 1.54) is 11.1 Å². The lowest BCUT2D eigenvalue weighted by molar-refractivity contribution is 1.39. The molecule has 0 amide bonds. The fourth-order valence-corrected chi connectivity index (χ4v) is 4.00. The van der Waals surface area contributed by atoms with Crippen LogP contribution in [0.25, 0.3) is 27.8 Å². The molecular weight excluding hydrogens is 366 g/mol. The number of rotatable bonds is 2. The lowest BCUT2D eigenvalue weighted by Gasteiger charge is -2.14. The van der Waals surface area contributed by atoms with Crippen LogP contribution in [0.3, 0.4) is 0 Å². The Morgan fingerprint density at radius 2 is 1.30 bits per heavy atom. The summed E-state index contributed by atoms with van der Waals surface area (Å²) in [6.07, 6.45) is 0. The van der Waals surface area contributed by atoms with Crippen LogP contribution in [0.5, 0.6) is 0 Å². The van der Waals surface area contributed by atoms with Gasteiger partial charge in [-0.2, -0.15) is 0 Å². The summed E-state index contributed by atoms with van der Waals surface area (Å²) in [6, 6.07) is 29.3. The van der Waals surface area contributed by atoms with Gasteiger partial charge in [0.15, 0.2) is 0 Å². The molecule has 0 aromatic heterocycles. The highest BCUT2D eigenvalue weighted by Crippen LogP contribution is 2.39. The molecule has 0 saturated heterocycles. The van der Waals surface area contributed by atoms with E-state index in [0.717, 1.165) is 50.5 Å². The van der Waals surface area contributed by atoms with Gasteiger partial charge in [0.25, 0.3) is 0 Å². The van der Waals surface area contributed by atoms with Crippen molar-refractivity contribution in [2.45, 2.75) is 6.92 Å². The van der Waals surface area contributed by atoms with E-state index in [1.807, 2.05) is 24.3 Å². The maximum atomic E-state index is 6.37. The van der Waals surface area contributed by atoms with Crippen molar-refractivity contribution in [3.63, 3.8) is 0 Å². The number of benzene rings is 4. The van der Waals surface area contributed by atoms with Gasteiger partial charge in [0.05, 0.1) is 11.4 Å². The lowest BCUT2D eigenvalue weighted by Crippen LogP contribution is -2.08. The molecule has 4 aromatic carbocycles. The van der Waals surface area contributed by atoms with Gasteiger partial charge in [-0.1, -0.05) is 67.2 Å². The second-order valence-electron chi connectivity index (χ2n) is 7.71. The second kappa shape index (κ2) is 7.12. The minimum atomic E-state index is 0.758. The minimum Gasteiger partial charge on any atom is -0.398 e. The van der Waals surface area contributed by atoms with E-state index in [2.05, 4.69) is 85.0 Å². The van der Waals surface area contributed by atoms with Gasteiger partial charge in [-0.15, -0.1) is 0 Å². The maximum absolute atomic E-state index is 6.37. The van der Waals surface area contributed by atoms with Gasteiger partial charge in [-0.3, -0.25) is 0 Å². The van der Waals surface area contributed by atoms with E-state index < -0.39 is 0 Å². The van der Waals surface area contributed by atoms with Gasteiger partial charge in [0.1, 0.15) is 0 Å². The van der Waals surface area contributed by atoms with Crippen molar-refractivity contribution < 1.29 is 0 Å². The van der Waals surface area contributed by atoms with Crippen LogP contribution < -0.4 is 16.6 Å². The third-order valence-corrected chi connectivity index (χ3v) is 5.65. The van der Waals surface area contributed by atoms with Crippen LogP contribution in [-0.4, -0.2) is 0 Å². The Kier molecular flexibility index (Phi) is 4.29. The molecule has 0 fully saturated rings. The number of aryl methyl sites for hydroxylation is 1. The van der Waals surface area contributed by atoms with Crippen LogP contribution in [0.2, 0.25) is 0 Å². The topological polar surface area (TPSA) is 50.1 Å². The van der Waals surface area contributed by atoms with Gasteiger partial charge < -0.3 is 16.6 Å². The highest BCUT2D eigenvalue weighted by Gasteiger charge is 2.17. The zero-order valence-corrected chi connectivity index (χ0v) is 16.9. The molecule has 4 aromatic rings. The monoisotopic (exact) mass is 389 g/mol. The van der Waals surface area contributed by atoms with Gasteiger partial charge >= 0.3 is 0 Å². The molecule has 4 N–H and O–H groups in total. The van der Waals surface area contributed by atoms with E-state index in [1.54, 1.807) is 0 Å². The molecule has 1 heterocycles. The molecule has 0 saturated carbocycles. The van der Waals surface area contributed by atoms with Gasteiger partial charge in [-0.25, -0.2) is 0 Å². The first kappa shape index (κ1) is 18.1. The van der Waals surface area contributed by atoms with E-state index in [4.69, 9.17) is 5.73 Å². The van der Waals surface area contributed by atoms with Crippen molar-refractivity contribution in [3.05, 3.63) is 108 Å². The average molecular weight is 390 g/mol. The Morgan fingerprint density at radius 1 is 0.633 bits per heavy atom. The number of hydrogen-bond donors (Lipinski definition) is 3. The largest absolute Gasteiger partial charge is 0.398 e. The van der Waals surface area contributed by atoms with Crippen LogP contribution in [0, 0.1) is 6.92 Å². The van der Waals surface area contributed by atoms with Crippen LogP contribution in [0.15, 0.2) is 91.5 Å². The van der Waals surface area contributed by atoms with Crippen LogP contribution in [0.4, 0.5) is 17.1 Å². The van der Waals surface area contributed by atoms with E-state index in [9.17, 15) is 0 Å². The zero-order chi connectivity index (χ0) is 20.7. The van der Waals surface area contributed by atoms with Crippen molar-refractivity contribution in [3.8, 4) is 22.3 Å². The fourth-order valence-electron chi connectivity index (χ4n) is 4.00. The first-order valence-electron chi connectivity index (χ1n) is 10.0. The number of hydrazine groups is 1. The molecule has 0 bridgehead atoms. The van der Waals surface area contributed by atoms with Crippen molar-refractivity contribution in [2.24, 2.45) is 0 Å². The number of nitrogen functional groups attached to an aromatic ring is 1. The van der Waals surface area contributed by atoms with Gasteiger partial charge in [-0.05, 0) is 59.0 Å². The molecule has 146 valence electrons. The van der Waals surface area contributed by atoms with Crippen molar-refractivity contribution in [1.82, 2.24) is 0 Å². The molecule has 1 aliphatic heterocycles. The summed E-state index contributed by atoms with van der Waals surface area (Å²) < 4.78 is 0. The molecule has 30 heavy (non-hydrogen) atoms. The molecular formula is C27H23N3. The molecule has 3 nitrogen and oxygen atoms in total. The van der Waals surface area contributed by atoms with Crippen LogP contribution in [0.1, 0.15) is 16.7 Å². The van der Waals surface area contributed by atoms with Crippen LogP contribution >= 0.6 is 0 Å². The normalized spacial score (nSPS) is 12.2. The van der Waals surface area contributed by atoms with E-state index in [0.29, 0.717) is 0 Å². The highest BCUT2D eigenvalue weighted by atomic mass is 15.4. The predicted octanol–water partition coefficient (Wildman–Crippen LogP) is 6.73. The van der Waals surface area contributed by atoms with Gasteiger partial charge in [0.2, 0.25) is 0 Å². The summed E-state index contributed by atoms with van der Waals surface area (Å²) in [7, 11) is 0. The average Bonchev–Trinajstić information content (AvgIpc) is 2.91. The Bertz CT molecular complexity index is 1270. The number of nitrogens with two attached hydrogens (primary N) is 1.